The molecule has 2 fully saturated rings. The zero-order valence-corrected chi connectivity index (χ0v) is 16.4. The minimum atomic E-state index is 0.0641. The fourth-order valence-electron chi connectivity index (χ4n) is 4.18. The van der Waals surface area contributed by atoms with Gasteiger partial charge in [-0.15, -0.1) is 0 Å². The summed E-state index contributed by atoms with van der Waals surface area (Å²) in [4.78, 5) is 28.9. The van der Waals surface area contributed by atoms with Gasteiger partial charge in [0.1, 0.15) is 5.75 Å². The Bertz CT molecular complexity index is 648. The number of hydrogen-bond donors (Lipinski definition) is 1. The molecule has 0 atom stereocenters. The van der Waals surface area contributed by atoms with Crippen LogP contribution < -0.4 is 10.1 Å². The molecule has 0 bridgehead atoms. The highest BCUT2D eigenvalue weighted by Gasteiger charge is 2.31. The second kappa shape index (κ2) is 9.22. The Morgan fingerprint density at radius 1 is 1.11 bits per heavy atom. The molecular formula is C21H31N3O3. The van der Waals surface area contributed by atoms with Gasteiger partial charge in [-0.1, -0.05) is 13.0 Å². The maximum absolute atomic E-state index is 12.6. The standard InChI is InChI=1S/C21H31N3O3/c1-3-20(25)24-13-9-18(10-14-24)23-11-7-16(8-12-23)21(26)22-17-5-4-6-19(15-17)27-2/h4-6,15-16,18H,3,7-14H2,1-2H3,(H,22,26). The number of piperidine rings is 2. The van der Waals surface area contributed by atoms with Crippen molar-refractivity contribution >= 4 is 17.5 Å². The van der Waals surface area contributed by atoms with E-state index in [0.29, 0.717) is 12.5 Å². The molecule has 148 valence electrons. The molecule has 0 radical (unpaired) electrons. The number of carbonyl (C=O) groups is 2. The number of rotatable bonds is 5. The Morgan fingerprint density at radius 3 is 2.44 bits per heavy atom. The van der Waals surface area contributed by atoms with E-state index in [0.717, 1.165) is 63.3 Å². The number of methoxy groups -OCH3 is 1. The number of ether oxygens (including phenoxy) is 1. The Labute approximate surface area is 161 Å². The highest BCUT2D eigenvalue weighted by molar-refractivity contribution is 5.92. The van der Waals surface area contributed by atoms with Gasteiger partial charge in [-0.25, -0.2) is 0 Å². The molecule has 0 spiro atoms. The molecule has 3 rings (SSSR count). The Kier molecular flexibility index (Phi) is 6.72. The number of hydrogen-bond acceptors (Lipinski definition) is 4. The van der Waals surface area contributed by atoms with Crippen molar-refractivity contribution in [3.05, 3.63) is 24.3 Å². The monoisotopic (exact) mass is 373 g/mol. The zero-order valence-electron chi connectivity index (χ0n) is 16.4. The van der Waals surface area contributed by atoms with Crippen molar-refractivity contribution in [1.29, 1.82) is 0 Å². The molecule has 6 nitrogen and oxygen atoms in total. The molecule has 1 aromatic carbocycles. The van der Waals surface area contributed by atoms with Gasteiger partial charge in [-0.2, -0.15) is 0 Å². The normalized spacial score (nSPS) is 19.7. The predicted molar refractivity (Wildman–Crippen MR) is 106 cm³/mol. The first-order valence-corrected chi connectivity index (χ1v) is 10.1. The quantitative estimate of drug-likeness (QED) is 0.862. The van der Waals surface area contributed by atoms with E-state index in [1.807, 2.05) is 36.1 Å². The first-order chi connectivity index (χ1) is 13.1. The molecule has 0 aromatic heterocycles. The predicted octanol–water partition coefficient (Wildman–Crippen LogP) is 2.75. The fourth-order valence-corrected chi connectivity index (χ4v) is 4.18. The molecular weight excluding hydrogens is 342 g/mol. The Morgan fingerprint density at radius 2 is 1.81 bits per heavy atom. The van der Waals surface area contributed by atoms with Gasteiger partial charge in [0.25, 0.3) is 0 Å². The molecule has 2 aliphatic rings. The third-order valence-corrected chi connectivity index (χ3v) is 5.87. The number of nitrogens with one attached hydrogen (secondary N) is 1. The Balaban J connectivity index is 1.44. The summed E-state index contributed by atoms with van der Waals surface area (Å²) in [6, 6.07) is 8.04. The molecule has 1 N–H and O–H groups in total. The number of likely N-dealkylation sites (tertiary alicyclic amines) is 2. The third-order valence-electron chi connectivity index (χ3n) is 5.87. The molecule has 6 heteroatoms. The van der Waals surface area contributed by atoms with Gasteiger partial charge in [0.05, 0.1) is 7.11 Å². The van der Waals surface area contributed by atoms with Gasteiger partial charge >= 0.3 is 0 Å². The SMILES string of the molecule is CCC(=O)N1CCC(N2CCC(C(=O)Nc3cccc(OC)c3)CC2)CC1. The highest BCUT2D eigenvalue weighted by atomic mass is 16.5. The van der Waals surface area contributed by atoms with Gasteiger partial charge in [-0.05, 0) is 50.9 Å². The van der Waals surface area contributed by atoms with E-state index >= 15 is 0 Å². The molecule has 0 unspecified atom stereocenters. The van der Waals surface area contributed by atoms with E-state index in [9.17, 15) is 9.59 Å². The largest absolute Gasteiger partial charge is 0.497 e. The van der Waals surface area contributed by atoms with Crippen LogP contribution in [0.15, 0.2) is 24.3 Å². The molecule has 0 saturated carbocycles. The van der Waals surface area contributed by atoms with Crippen molar-refractivity contribution in [3.8, 4) is 5.75 Å². The van der Waals surface area contributed by atoms with Gasteiger partial charge in [-0.3, -0.25) is 9.59 Å². The maximum Gasteiger partial charge on any atom is 0.227 e. The second-order valence-electron chi connectivity index (χ2n) is 7.50. The van der Waals surface area contributed by atoms with E-state index in [4.69, 9.17) is 4.74 Å². The van der Waals surface area contributed by atoms with Gasteiger partial charge in [0.2, 0.25) is 11.8 Å². The number of nitrogens with zero attached hydrogens (tertiary/aromatic N) is 2. The first-order valence-electron chi connectivity index (χ1n) is 10.1. The highest BCUT2D eigenvalue weighted by Crippen LogP contribution is 2.26. The van der Waals surface area contributed by atoms with Crippen LogP contribution in [0.3, 0.4) is 0 Å². The second-order valence-corrected chi connectivity index (χ2v) is 7.50. The maximum atomic E-state index is 12.6. The van der Waals surface area contributed by atoms with Crippen molar-refractivity contribution in [1.82, 2.24) is 9.80 Å². The topological polar surface area (TPSA) is 61.9 Å². The summed E-state index contributed by atoms with van der Waals surface area (Å²) >= 11 is 0. The summed E-state index contributed by atoms with van der Waals surface area (Å²) in [6.07, 6.45) is 4.48. The van der Waals surface area contributed by atoms with Crippen LogP contribution in [0.1, 0.15) is 39.0 Å². The van der Waals surface area contributed by atoms with Crippen LogP contribution in [0.4, 0.5) is 5.69 Å². The summed E-state index contributed by atoms with van der Waals surface area (Å²) in [7, 11) is 1.62. The van der Waals surface area contributed by atoms with Crippen molar-refractivity contribution in [2.75, 3.05) is 38.6 Å². The lowest BCUT2D eigenvalue weighted by atomic mass is 9.92. The average Bonchev–Trinajstić information content (AvgIpc) is 2.73. The molecule has 1 aromatic rings. The van der Waals surface area contributed by atoms with Crippen LogP contribution in [0, 0.1) is 5.92 Å². The van der Waals surface area contributed by atoms with Crippen LogP contribution in [-0.4, -0.2) is 60.9 Å². The molecule has 2 amide bonds. The smallest absolute Gasteiger partial charge is 0.227 e. The van der Waals surface area contributed by atoms with Crippen molar-refractivity contribution in [2.24, 2.45) is 5.92 Å². The molecule has 2 heterocycles. The molecule has 2 saturated heterocycles. The van der Waals surface area contributed by atoms with Gasteiger partial charge in [0, 0.05) is 43.2 Å². The number of anilines is 1. The van der Waals surface area contributed by atoms with E-state index < -0.39 is 0 Å². The van der Waals surface area contributed by atoms with E-state index in [-0.39, 0.29) is 17.7 Å². The third kappa shape index (κ3) is 5.01. The van der Waals surface area contributed by atoms with E-state index in [1.54, 1.807) is 7.11 Å². The van der Waals surface area contributed by atoms with Crippen LogP contribution in [0.2, 0.25) is 0 Å². The van der Waals surface area contributed by atoms with Crippen LogP contribution in [-0.2, 0) is 9.59 Å². The van der Waals surface area contributed by atoms with Gasteiger partial charge < -0.3 is 19.9 Å². The Hall–Kier alpha value is -2.08. The molecule has 2 aliphatic heterocycles. The summed E-state index contributed by atoms with van der Waals surface area (Å²) in [5, 5.41) is 3.02. The number of carbonyl (C=O) groups excluding carboxylic acids is 2. The van der Waals surface area contributed by atoms with E-state index in [1.165, 1.54) is 0 Å². The summed E-state index contributed by atoms with van der Waals surface area (Å²) in [6.45, 7) is 5.59. The fraction of sp³-hybridized carbons (Fsp3) is 0.619. The van der Waals surface area contributed by atoms with Crippen LogP contribution in [0.5, 0.6) is 5.75 Å². The van der Waals surface area contributed by atoms with Crippen LogP contribution >= 0.6 is 0 Å². The summed E-state index contributed by atoms with van der Waals surface area (Å²) in [5.41, 5.74) is 0.787. The van der Waals surface area contributed by atoms with E-state index in [2.05, 4.69) is 10.2 Å². The van der Waals surface area contributed by atoms with Crippen molar-refractivity contribution < 1.29 is 14.3 Å². The average molecular weight is 373 g/mol. The summed E-state index contributed by atoms with van der Waals surface area (Å²) in [5.74, 6) is 1.18. The lowest BCUT2D eigenvalue weighted by molar-refractivity contribution is -0.132. The van der Waals surface area contributed by atoms with Crippen LogP contribution in [0.25, 0.3) is 0 Å². The lowest BCUT2D eigenvalue weighted by Crippen LogP contribution is -2.49. The van der Waals surface area contributed by atoms with Crippen molar-refractivity contribution in [2.45, 2.75) is 45.1 Å². The lowest BCUT2D eigenvalue weighted by Gasteiger charge is -2.41. The number of benzene rings is 1. The minimum absolute atomic E-state index is 0.0641. The van der Waals surface area contributed by atoms with Crippen molar-refractivity contribution in [3.63, 3.8) is 0 Å². The minimum Gasteiger partial charge on any atom is -0.497 e. The molecule has 0 aliphatic carbocycles. The molecule has 27 heavy (non-hydrogen) atoms. The first kappa shape index (κ1) is 19.7. The number of amides is 2. The zero-order chi connectivity index (χ0) is 19.2. The van der Waals surface area contributed by atoms with Gasteiger partial charge in [0.15, 0.2) is 0 Å². The summed E-state index contributed by atoms with van der Waals surface area (Å²) < 4.78 is 5.21.